The van der Waals surface area contributed by atoms with E-state index >= 15 is 0 Å². The van der Waals surface area contributed by atoms with E-state index in [0.29, 0.717) is 24.0 Å². The maximum absolute atomic E-state index is 14.4. The van der Waals surface area contributed by atoms with E-state index in [-0.39, 0.29) is 63.0 Å². The van der Waals surface area contributed by atoms with Gasteiger partial charge in [-0.2, -0.15) is 12.6 Å². The minimum atomic E-state index is -0.363. The van der Waals surface area contributed by atoms with Gasteiger partial charge in [-0.25, -0.2) is 0 Å². The average Bonchev–Trinajstić information content (AvgIpc) is 3.44. The third-order valence-electron chi connectivity index (χ3n) is 13.2. The smallest absolute Gasteiger partial charge is 0.222 e. The number of rotatable bonds is 5. The van der Waals surface area contributed by atoms with E-state index in [1.165, 1.54) is 0 Å². The van der Waals surface area contributed by atoms with Crippen LogP contribution in [0.3, 0.4) is 0 Å². The molecule has 0 saturated heterocycles. The van der Waals surface area contributed by atoms with Crippen molar-refractivity contribution in [2.24, 2.45) is 50.7 Å². The molecule has 36 heavy (non-hydrogen) atoms. The second-order valence-corrected chi connectivity index (χ2v) is 15.2. The monoisotopic (exact) mass is 518 g/mol. The van der Waals surface area contributed by atoms with Crippen LogP contribution in [-0.2, 0) is 9.59 Å². The van der Waals surface area contributed by atoms with Crippen LogP contribution in [0, 0.1) is 50.7 Å². The third-order valence-corrected chi connectivity index (χ3v) is 13.9. The van der Waals surface area contributed by atoms with Crippen LogP contribution in [0.25, 0.3) is 0 Å². The highest BCUT2D eigenvalue weighted by atomic mass is 32.1. The minimum Gasteiger partial charge on any atom is -0.393 e. The summed E-state index contributed by atoms with van der Waals surface area (Å²) in [6, 6.07) is 0.346. The number of Topliss-reactive ketones (excluding diaryl/α,β-unsaturated/α-hetero) is 1. The molecule has 0 aliphatic heterocycles. The lowest BCUT2D eigenvalue weighted by Gasteiger charge is -2.63. The van der Waals surface area contributed by atoms with Crippen molar-refractivity contribution in [2.45, 2.75) is 105 Å². The van der Waals surface area contributed by atoms with Gasteiger partial charge < -0.3 is 15.3 Å². The molecule has 5 aliphatic carbocycles. The van der Waals surface area contributed by atoms with Crippen LogP contribution < -0.4 is 5.32 Å². The number of nitrogens with one attached hydrogen (secondary N) is 1. The Bertz CT molecular complexity index is 954. The van der Waals surface area contributed by atoms with Crippen molar-refractivity contribution < 1.29 is 14.7 Å². The van der Waals surface area contributed by atoms with Crippen LogP contribution in [0.5, 0.6) is 0 Å². The maximum atomic E-state index is 14.4. The number of ketones is 1. The fraction of sp³-hybridized carbons (Fsp3) is 0.933. The van der Waals surface area contributed by atoms with Crippen molar-refractivity contribution in [3.63, 3.8) is 0 Å². The normalized spacial score (nSPS) is 52.3. The van der Waals surface area contributed by atoms with Gasteiger partial charge in [0.15, 0.2) is 0 Å². The highest BCUT2D eigenvalue weighted by Gasteiger charge is 2.86. The van der Waals surface area contributed by atoms with Crippen molar-refractivity contribution in [3.05, 3.63) is 0 Å². The van der Waals surface area contributed by atoms with Crippen LogP contribution in [0.4, 0.5) is 0 Å². The molecule has 0 heterocycles. The lowest BCUT2D eigenvalue weighted by Crippen LogP contribution is -2.63. The van der Waals surface area contributed by atoms with Gasteiger partial charge >= 0.3 is 0 Å². The standard InChI is InChI=1S/C30H50N2O3S/c1-17(2)25(35)31-22-11-12-29-15-30(29)21(10-9-20(29)26(22,4)16-36)27(5)13-19(33)24(18(3)32(7)8)28(27,6)14-23(30)34/h17-22,24,33,36H,9-16H2,1-8H3,(H,31,35)/t18-,19+,20?,21?,22-,24?,26-,27-,28+,29+,30-/m0/s1. The molecule has 0 aromatic carbocycles. The van der Waals surface area contributed by atoms with Gasteiger partial charge in [-0.05, 0) is 98.8 Å². The molecule has 2 N–H and O–H groups in total. The number of carbonyl (C=O) groups excluding carboxylic acids is 2. The Morgan fingerprint density at radius 3 is 2.33 bits per heavy atom. The molecule has 5 aliphatic rings. The van der Waals surface area contributed by atoms with Crippen LogP contribution in [0.15, 0.2) is 0 Å². The molecular weight excluding hydrogens is 468 g/mol. The molecule has 6 heteroatoms. The predicted octanol–water partition coefficient (Wildman–Crippen LogP) is 4.58. The Kier molecular flexibility index (Phi) is 6.15. The molecule has 5 rings (SSSR count). The molecule has 0 bridgehead atoms. The molecule has 3 unspecified atom stereocenters. The molecule has 2 spiro atoms. The second kappa shape index (κ2) is 8.21. The largest absolute Gasteiger partial charge is 0.393 e. The Morgan fingerprint density at radius 2 is 1.75 bits per heavy atom. The summed E-state index contributed by atoms with van der Waals surface area (Å²) in [5, 5.41) is 14.9. The first-order valence-electron chi connectivity index (χ1n) is 14.5. The molecule has 204 valence electrons. The summed E-state index contributed by atoms with van der Waals surface area (Å²) in [5.41, 5.74) is -0.528. The lowest BCUT2D eigenvalue weighted by atomic mass is 9.41. The van der Waals surface area contributed by atoms with Crippen molar-refractivity contribution in [1.29, 1.82) is 0 Å². The Balaban J connectivity index is 1.51. The number of amides is 1. The molecule has 5 nitrogen and oxygen atoms in total. The molecule has 5 saturated carbocycles. The first-order valence-corrected chi connectivity index (χ1v) is 15.1. The SMILES string of the molecule is CC(C)C(=O)N[C@H]1CC[C@]23C[C@]24C(=O)C[C@]2(C)C([C@H](C)N(C)C)[C@H](O)C[C@@]2(C)C4CCC3[C@]1(C)CS. The van der Waals surface area contributed by atoms with Gasteiger partial charge in [-0.1, -0.05) is 34.6 Å². The average molecular weight is 519 g/mol. The highest BCUT2D eigenvalue weighted by molar-refractivity contribution is 7.80. The molecular formula is C30H50N2O3S. The topological polar surface area (TPSA) is 69.6 Å². The number of fused-ring (bicyclic) bond motifs is 2. The van der Waals surface area contributed by atoms with Crippen LogP contribution in [-0.4, -0.2) is 59.7 Å². The van der Waals surface area contributed by atoms with Gasteiger partial charge in [0.25, 0.3) is 0 Å². The molecule has 5 fully saturated rings. The maximum Gasteiger partial charge on any atom is 0.222 e. The Morgan fingerprint density at radius 1 is 1.11 bits per heavy atom. The minimum absolute atomic E-state index is 0.0306. The molecule has 1 amide bonds. The zero-order chi connectivity index (χ0) is 26.6. The van der Waals surface area contributed by atoms with E-state index in [1.54, 1.807) is 0 Å². The highest BCUT2D eigenvalue weighted by Crippen LogP contribution is 2.88. The van der Waals surface area contributed by atoms with Gasteiger partial charge in [-0.3, -0.25) is 9.59 Å². The first kappa shape index (κ1) is 27.0. The fourth-order valence-corrected chi connectivity index (χ4v) is 11.4. The van der Waals surface area contributed by atoms with E-state index in [4.69, 9.17) is 12.6 Å². The van der Waals surface area contributed by atoms with Crippen molar-refractivity contribution in [1.82, 2.24) is 10.2 Å². The summed E-state index contributed by atoms with van der Waals surface area (Å²) in [4.78, 5) is 29.4. The van der Waals surface area contributed by atoms with Crippen molar-refractivity contribution >= 4 is 24.3 Å². The lowest BCUT2D eigenvalue weighted by molar-refractivity contribution is -0.170. The summed E-state index contributed by atoms with van der Waals surface area (Å²) in [5.74, 6) is 2.16. The number of aliphatic hydroxyl groups excluding tert-OH is 1. The molecule has 0 aromatic rings. The van der Waals surface area contributed by atoms with Gasteiger partial charge in [0.2, 0.25) is 5.91 Å². The summed E-state index contributed by atoms with van der Waals surface area (Å²) in [6.45, 7) is 13.2. The van der Waals surface area contributed by atoms with Gasteiger partial charge in [0, 0.05) is 35.8 Å². The number of hydrogen-bond acceptors (Lipinski definition) is 5. The fourth-order valence-electron chi connectivity index (χ4n) is 11.0. The van der Waals surface area contributed by atoms with Gasteiger partial charge in [-0.15, -0.1) is 0 Å². The van der Waals surface area contributed by atoms with E-state index in [1.807, 2.05) is 13.8 Å². The van der Waals surface area contributed by atoms with Crippen molar-refractivity contribution in [3.8, 4) is 0 Å². The van der Waals surface area contributed by atoms with Gasteiger partial charge in [0.05, 0.1) is 6.10 Å². The molecule has 0 aromatic heterocycles. The Labute approximate surface area is 224 Å². The predicted molar refractivity (Wildman–Crippen MR) is 147 cm³/mol. The second-order valence-electron chi connectivity index (χ2n) is 14.8. The molecule has 11 atom stereocenters. The number of carbonyl (C=O) groups is 2. The van der Waals surface area contributed by atoms with Crippen LogP contribution in [0.2, 0.25) is 0 Å². The first-order chi connectivity index (χ1) is 16.7. The zero-order valence-electron chi connectivity index (χ0n) is 23.9. The van der Waals surface area contributed by atoms with Gasteiger partial charge in [0.1, 0.15) is 5.78 Å². The van der Waals surface area contributed by atoms with E-state index in [0.717, 1.165) is 44.3 Å². The third kappa shape index (κ3) is 3.04. The quantitative estimate of drug-likeness (QED) is 0.466. The summed E-state index contributed by atoms with van der Waals surface area (Å²) in [7, 11) is 4.19. The molecule has 0 radical (unpaired) electrons. The van der Waals surface area contributed by atoms with Crippen LogP contribution >= 0.6 is 12.6 Å². The summed E-state index contributed by atoms with van der Waals surface area (Å²) >= 11 is 4.87. The number of nitrogens with zero attached hydrogens (tertiary/aromatic N) is 1. The van der Waals surface area contributed by atoms with Crippen LogP contribution in [0.1, 0.15) is 86.5 Å². The summed E-state index contributed by atoms with van der Waals surface area (Å²) in [6.07, 6.45) is 6.16. The van der Waals surface area contributed by atoms with E-state index < -0.39 is 0 Å². The number of thiol groups is 1. The summed E-state index contributed by atoms with van der Waals surface area (Å²) < 4.78 is 0. The number of aliphatic hydroxyl groups is 1. The van der Waals surface area contributed by atoms with Crippen molar-refractivity contribution in [2.75, 3.05) is 19.8 Å². The van der Waals surface area contributed by atoms with E-state index in [2.05, 4.69) is 52.0 Å². The Hall–Kier alpha value is -0.590. The van der Waals surface area contributed by atoms with E-state index in [9.17, 15) is 14.7 Å². The number of hydrogen-bond donors (Lipinski definition) is 3. The zero-order valence-corrected chi connectivity index (χ0v) is 24.8.